The lowest BCUT2D eigenvalue weighted by Gasteiger charge is -2.18. The highest BCUT2D eigenvalue weighted by molar-refractivity contribution is 5.99. The van der Waals surface area contributed by atoms with E-state index in [0.717, 1.165) is 22.7 Å². The first-order valence-corrected chi connectivity index (χ1v) is 10.5. The number of benzene rings is 2. The lowest BCUT2D eigenvalue weighted by Crippen LogP contribution is -2.35. The van der Waals surface area contributed by atoms with Crippen molar-refractivity contribution in [3.05, 3.63) is 71.4 Å². The third-order valence-electron chi connectivity index (χ3n) is 5.17. The normalized spacial score (nSPS) is 11.2. The minimum absolute atomic E-state index is 0.0776. The molecule has 1 aromatic heterocycles. The second-order valence-corrected chi connectivity index (χ2v) is 8.80. The molecule has 0 aliphatic heterocycles. The van der Waals surface area contributed by atoms with Gasteiger partial charge in [0.25, 0.3) is 5.91 Å². The van der Waals surface area contributed by atoms with Gasteiger partial charge in [-0.15, -0.1) is 0 Å². The highest BCUT2D eigenvalue weighted by atomic mass is 16.5. The van der Waals surface area contributed by atoms with Crippen molar-refractivity contribution in [2.24, 2.45) is 0 Å². The number of likely N-dealkylation sites (N-methyl/N-ethyl adjacent to an activating group) is 1. The fourth-order valence-electron chi connectivity index (χ4n) is 3.24. The first-order chi connectivity index (χ1) is 15.1. The van der Waals surface area contributed by atoms with Crippen LogP contribution in [0.2, 0.25) is 0 Å². The molecule has 0 aliphatic rings. The minimum atomic E-state index is -0.301. The lowest BCUT2D eigenvalue weighted by molar-refractivity contribution is -0.116. The lowest BCUT2D eigenvalue weighted by atomic mass is 9.92. The molecule has 0 radical (unpaired) electrons. The molecule has 7 nitrogen and oxygen atoms in total. The van der Waals surface area contributed by atoms with Crippen LogP contribution in [0.15, 0.2) is 54.6 Å². The molecule has 0 aliphatic carbocycles. The second-order valence-electron chi connectivity index (χ2n) is 8.80. The zero-order valence-electron chi connectivity index (χ0n) is 19.5. The maximum atomic E-state index is 12.8. The molecule has 0 atom stereocenters. The summed E-state index contributed by atoms with van der Waals surface area (Å²) in [6.45, 7) is 7.99. The van der Waals surface area contributed by atoms with Crippen LogP contribution in [0, 0.1) is 6.92 Å². The number of nitrogens with one attached hydrogen (secondary N) is 1. The molecule has 0 spiro atoms. The van der Waals surface area contributed by atoms with E-state index in [-0.39, 0.29) is 23.8 Å². The zero-order valence-corrected chi connectivity index (χ0v) is 19.5. The quantitative estimate of drug-likeness (QED) is 0.631. The largest absolute Gasteiger partial charge is 0.497 e. The fourth-order valence-corrected chi connectivity index (χ4v) is 3.24. The van der Waals surface area contributed by atoms with E-state index in [0.29, 0.717) is 11.4 Å². The van der Waals surface area contributed by atoms with Gasteiger partial charge in [0.1, 0.15) is 11.6 Å². The number of ether oxygens (including phenoxy) is 1. The predicted octanol–water partition coefficient (Wildman–Crippen LogP) is 4.20. The number of carbonyl (C=O) groups excluding carboxylic acids is 2. The number of amides is 2. The van der Waals surface area contributed by atoms with Gasteiger partial charge in [0.2, 0.25) is 5.91 Å². The van der Waals surface area contributed by atoms with Gasteiger partial charge >= 0.3 is 0 Å². The van der Waals surface area contributed by atoms with Crippen molar-refractivity contribution < 1.29 is 14.3 Å². The minimum Gasteiger partial charge on any atom is -0.497 e. The summed E-state index contributed by atoms with van der Waals surface area (Å²) in [7, 11) is 3.23. The summed E-state index contributed by atoms with van der Waals surface area (Å²) < 4.78 is 6.93. The van der Waals surface area contributed by atoms with E-state index in [2.05, 4.69) is 26.1 Å². The molecule has 2 amide bonds. The predicted molar refractivity (Wildman–Crippen MR) is 126 cm³/mol. The summed E-state index contributed by atoms with van der Waals surface area (Å²) >= 11 is 0. The Bertz CT molecular complexity index is 1110. The molecule has 0 fully saturated rings. The van der Waals surface area contributed by atoms with Crippen LogP contribution in [0.25, 0.3) is 5.69 Å². The van der Waals surface area contributed by atoms with Gasteiger partial charge in [0.05, 0.1) is 25.0 Å². The van der Waals surface area contributed by atoms with Crippen molar-refractivity contribution in [2.45, 2.75) is 33.1 Å². The molecule has 0 saturated carbocycles. The van der Waals surface area contributed by atoms with Crippen LogP contribution in [-0.2, 0) is 10.2 Å². The number of aromatic nitrogens is 2. The SMILES string of the molecule is COc1ccc(-n2nc(C(C)(C)C)cc2NC(=O)CN(C)C(=O)c2ccccc2C)cc1. The molecule has 168 valence electrons. The van der Waals surface area contributed by atoms with Crippen LogP contribution in [0.5, 0.6) is 5.75 Å². The topological polar surface area (TPSA) is 76.5 Å². The zero-order chi connectivity index (χ0) is 23.5. The molecule has 3 aromatic rings. The van der Waals surface area contributed by atoms with Crippen molar-refractivity contribution in [3.8, 4) is 11.4 Å². The standard InChI is InChI=1S/C25H30N4O3/c1-17-9-7-8-10-20(17)24(31)28(5)16-23(30)26-22-15-21(25(2,3)4)27-29(22)18-11-13-19(32-6)14-12-18/h7-15H,16H2,1-6H3,(H,26,30). The van der Waals surface area contributed by atoms with E-state index in [1.54, 1.807) is 24.9 Å². The van der Waals surface area contributed by atoms with Crippen molar-refractivity contribution in [1.82, 2.24) is 14.7 Å². The summed E-state index contributed by atoms with van der Waals surface area (Å²) in [6.07, 6.45) is 0. The maximum Gasteiger partial charge on any atom is 0.254 e. The Morgan fingerprint density at radius 2 is 1.75 bits per heavy atom. The first kappa shape index (κ1) is 23.1. The van der Waals surface area contributed by atoms with E-state index in [4.69, 9.17) is 9.84 Å². The van der Waals surface area contributed by atoms with Gasteiger partial charge in [0.15, 0.2) is 0 Å². The number of hydrogen-bond acceptors (Lipinski definition) is 4. The number of methoxy groups -OCH3 is 1. The van der Waals surface area contributed by atoms with Crippen molar-refractivity contribution >= 4 is 17.6 Å². The van der Waals surface area contributed by atoms with Gasteiger partial charge < -0.3 is 15.0 Å². The van der Waals surface area contributed by atoms with Crippen LogP contribution in [0.1, 0.15) is 42.4 Å². The molecule has 32 heavy (non-hydrogen) atoms. The van der Waals surface area contributed by atoms with E-state index in [9.17, 15) is 9.59 Å². The highest BCUT2D eigenvalue weighted by Gasteiger charge is 2.23. The smallest absolute Gasteiger partial charge is 0.254 e. The molecule has 0 saturated heterocycles. The van der Waals surface area contributed by atoms with Crippen LogP contribution >= 0.6 is 0 Å². The van der Waals surface area contributed by atoms with Gasteiger partial charge in [-0.25, -0.2) is 4.68 Å². The molecular weight excluding hydrogens is 404 g/mol. The molecule has 0 unspecified atom stereocenters. The van der Waals surface area contributed by atoms with Gasteiger partial charge in [0, 0.05) is 24.1 Å². The second kappa shape index (κ2) is 9.26. The molecule has 0 bridgehead atoms. The summed E-state index contributed by atoms with van der Waals surface area (Å²) in [5.41, 5.74) is 2.89. The number of nitrogens with zero attached hydrogens (tertiary/aromatic N) is 3. The van der Waals surface area contributed by atoms with Crippen molar-refractivity contribution in [2.75, 3.05) is 26.0 Å². The Morgan fingerprint density at radius 3 is 2.34 bits per heavy atom. The number of rotatable bonds is 6. The average Bonchev–Trinajstić information content (AvgIpc) is 3.17. The third-order valence-corrected chi connectivity index (χ3v) is 5.17. The maximum absolute atomic E-state index is 12.8. The number of carbonyl (C=O) groups is 2. The summed E-state index contributed by atoms with van der Waals surface area (Å²) in [6, 6.07) is 16.6. The third kappa shape index (κ3) is 5.17. The Kier molecular flexibility index (Phi) is 6.67. The average molecular weight is 435 g/mol. The molecule has 2 aromatic carbocycles. The summed E-state index contributed by atoms with van der Waals surface area (Å²) in [4.78, 5) is 27.0. The van der Waals surface area contributed by atoms with Gasteiger partial charge in [-0.05, 0) is 42.8 Å². The summed E-state index contributed by atoms with van der Waals surface area (Å²) in [5, 5.41) is 7.63. The van der Waals surface area contributed by atoms with Crippen LogP contribution in [-0.4, -0.2) is 47.2 Å². The number of hydrogen-bond donors (Lipinski definition) is 1. The number of anilines is 1. The highest BCUT2D eigenvalue weighted by Crippen LogP contribution is 2.27. The molecule has 3 rings (SSSR count). The van der Waals surface area contributed by atoms with Crippen LogP contribution < -0.4 is 10.1 Å². The Morgan fingerprint density at radius 1 is 1.09 bits per heavy atom. The fraction of sp³-hybridized carbons (Fsp3) is 0.320. The van der Waals surface area contributed by atoms with E-state index in [1.165, 1.54) is 4.90 Å². The summed E-state index contributed by atoms with van der Waals surface area (Å²) in [5.74, 6) is 0.780. The molecular formula is C25H30N4O3. The van der Waals surface area contributed by atoms with E-state index in [1.807, 2.05) is 55.5 Å². The van der Waals surface area contributed by atoms with E-state index < -0.39 is 0 Å². The molecule has 7 heteroatoms. The van der Waals surface area contributed by atoms with E-state index >= 15 is 0 Å². The van der Waals surface area contributed by atoms with Crippen molar-refractivity contribution in [1.29, 1.82) is 0 Å². The molecule has 1 N–H and O–H groups in total. The Hall–Kier alpha value is -3.61. The molecule has 1 heterocycles. The van der Waals surface area contributed by atoms with Crippen molar-refractivity contribution in [3.63, 3.8) is 0 Å². The monoisotopic (exact) mass is 434 g/mol. The first-order valence-electron chi connectivity index (χ1n) is 10.5. The Labute approximate surface area is 189 Å². The van der Waals surface area contributed by atoms with Gasteiger partial charge in [-0.3, -0.25) is 9.59 Å². The van der Waals surface area contributed by atoms with Crippen LogP contribution in [0.4, 0.5) is 5.82 Å². The van der Waals surface area contributed by atoms with Gasteiger partial charge in [-0.1, -0.05) is 39.0 Å². The van der Waals surface area contributed by atoms with Gasteiger partial charge in [-0.2, -0.15) is 5.10 Å². The Balaban J connectivity index is 1.82. The number of aryl methyl sites for hydroxylation is 1. The van der Waals surface area contributed by atoms with Crippen LogP contribution in [0.3, 0.4) is 0 Å².